The van der Waals surface area contributed by atoms with Crippen LogP contribution < -0.4 is 5.73 Å². The number of nitrogens with zero attached hydrogens (tertiary/aromatic N) is 6. The van der Waals surface area contributed by atoms with Crippen molar-refractivity contribution in [2.75, 3.05) is 26.2 Å². The van der Waals surface area contributed by atoms with E-state index in [2.05, 4.69) is 44.2 Å². The first-order chi connectivity index (χ1) is 17.8. The lowest BCUT2D eigenvalue weighted by Crippen LogP contribution is -2.58. The molecule has 0 amide bonds. The van der Waals surface area contributed by atoms with E-state index in [1.165, 1.54) is 5.56 Å². The zero-order chi connectivity index (χ0) is 26.4. The topological polar surface area (TPSA) is 122 Å². The number of morpholine rings is 1. The number of rotatable bonds is 5. The zero-order valence-electron chi connectivity index (χ0n) is 21.4. The third-order valence-electron chi connectivity index (χ3n) is 7.16. The van der Waals surface area contributed by atoms with E-state index in [0.717, 1.165) is 63.3 Å². The number of carboxylic acids is 1. The number of halogens is 1. The molecule has 1 aromatic heterocycles. The third kappa shape index (κ3) is 7.30. The van der Waals surface area contributed by atoms with Crippen LogP contribution in [0.15, 0.2) is 52.9 Å². The van der Waals surface area contributed by atoms with Gasteiger partial charge in [0.05, 0.1) is 25.2 Å². The van der Waals surface area contributed by atoms with Crippen LogP contribution in [-0.4, -0.2) is 86.8 Å². The number of carbonyl (C=O) groups is 1. The van der Waals surface area contributed by atoms with Gasteiger partial charge >= 0.3 is 0 Å². The van der Waals surface area contributed by atoms with Crippen LogP contribution in [0.1, 0.15) is 44.7 Å². The smallest absolute Gasteiger partial charge is 0.300 e. The van der Waals surface area contributed by atoms with Crippen molar-refractivity contribution in [1.29, 1.82) is 0 Å². The molecule has 37 heavy (non-hydrogen) atoms. The molecule has 3 aliphatic rings. The highest BCUT2D eigenvalue weighted by atomic mass is 35.5. The predicted octanol–water partition coefficient (Wildman–Crippen LogP) is 3.04. The lowest BCUT2D eigenvalue weighted by Gasteiger charge is -2.48. The van der Waals surface area contributed by atoms with Crippen molar-refractivity contribution >= 4 is 29.2 Å². The number of ether oxygens (including phenoxy) is 1. The number of hydrogen-bond acceptors (Lipinski definition) is 8. The van der Waals surface area contributed by atoms with E-state index < -0.39 is 5.97 Å². The van der Waals surface area contributed by atoms with Gasteiger partial charge in [-0.25, -0.2) is 0 Å². The van der Waals surface area contributed by atoms with Gasteiger partial charge in [-0.2, -0.15) is 5.10 Å². The van der Waals surface area contributed by atoms with Crippen molar-refractivity contribution in [2.24, 2.45) is 15.9 Å². The lowest BCUT2D eigenvalue weighted by atomic mass is 9.95. The molecule has 0 spiro atoms. The molecule has 200 valence electrons. The van der Waals surface area contributed by atoms with E-state index in [9.17, 15) is 0 Å². The SMILES string of the molecule is CC(=O)O.C[C@H]([C@H]1CN(C2CCN(C3=NN=C(N)C3)CC2)[C@@H](Cc2ccc(Cl)cc2)CO1)n1cccn1. The number of aliphatic carboxylic acids is 1. The normalized spacial score (nSPS) is 23.6. The van der Waals surface area contributed by atoms with E-state index in [0.29, 0.717) is 24.3 Å². The maximum Gasteiger partial charge on any atom is 0.300 e. The lowest BCUT2D eigenvalue weighted by molar-refractivity contribution is -0.134. The van der Waals surface area contributed by atoms with Crippen LogP contribution in [0.4, 0.5) is 0 Å². The second-order valence-corrected chi connectivity index (χ2v) is 10.2. The Morgan fingerprint density at radius 1 is 1.24 bits per heavy atom. The van der Waals surface area contributed by atoms with Gasteiger partial charge in [0.25, 0.3) is 5.97 Å². The number of aromatic nitrogens is 2. The summed E-state index contributed by atoms with van der Waals surface area (Å²) in [4.78, 5) is 14.0. The summed E-state index contributed by atoms with van der Waals surface area (Å²) < 4.78 is 8.43. The number of hydrogen-bond donors (Lipinski definition) is 2. The summed E-state index contributed by atoms with van der Waals surface area (Å²) in [6.07, 6.45) is 7.78. The van der Waals surface area contributed by atoms with Gasteiger partial charge in [0.1, 0.15) is 11.7 Å². The molecule has 2 fully saturated rings. The van der Waals surface area contributed by atoms with Crippen LogP contribution >= 0.6 is 11.6 Å². The van der Waals surface area contributed by atoms with Crippen molar-refractivity contribution in [1.82, 2.24) is 19.6 Å². The predicted molar refractivity (Wildman–Crippen MR) is 144 cm³/mol. The van der Waals surface area contributed by atoms with E-state index in [-0.39, 0.29) is 12.1 Å². The molecule has 2 aromatic rings. The largest absolute Gasteiger partial charge is 0.481 e. The summed E-state index contributed by atoms with van der Waals surface area (Å²) in [5.41, 5.74) is 7.13. The van der Waals surface area contributed by atoms with Crippen LogP contribution in [0.2, 0.25) is 5.02 Å². The highest BCUT2D eigenvalue weighted by molar-refractivity contribution is 6.30. The van der Waals surface area contributed by atoms with E-state index in [1.54, 1.807) is 0 Å². The summed E-state index contributed by atoms with van der Waals surface area (Å²) in [6.45, 7) is 6.87. The van der Waals surface area contributed by atoms with Crippen LogP contribution in [0.25, 0.3) is 0 Å². The van der Waals surface area contributed by atoms with Crippen molar-refractivity contribution in [2.45, 2.75) is 63.8 Å². The van der Waals surface area contributed by atoms with Crippen molar-refractivity contribution in [3.05, 3.63) is 53.3 Å². The standard InChI is InChI=1S/C24H32ClN7O.C2H4O2/c1-17(32-10-2-9-27-32)22-15-31(21(16-33-22)13-18-3-5-19(25)6-4-18)20-7-11-30(12-8-20)24-14-23(26)28-29-24;1-2(3)4/h2-6,9-10,17,20-22H,7-8,11-16H2,1H3,(H2,26,28);1H3,(H,3,4)/t17-,21+,22-;/m1./s1. The first kappa shape index (κ1) is 27.1. The van der Waals surface area contributed by atoms with Crippen molar-refractivity contribution in [3.8, 4) is 0 Å². The summed E-state index contributed by atoms with van der Waals surface area (Å²) >= 11 is 6.11. The number of piperidine rings is 1. The molecule has 0 saturated carbocycles. The Balaban J connectivity index is 0.000000747. The molecule has 4 heterocycles. The van der Waals surface area contributed by atoms with Gasteiger partial charge in [0, 0.05) is 56.1 Å². The molecule has 3 N–H and O–H groups in total. The van der Waals surface area contributed by atoms with Gasteiger partial charge in [-0.1, -0.05) is 23.7 Å². The average Bonchev–Trinajstić information content (AvgIpc) is 3.57. The minimum atomic E-state index is -0.833. The van der Waals surface area contributed by atoms with Gasteiger partial charge in [-0.05, 0) is 49.9 Å². The Morgan fingerprint density at radius 2 is 1.95 bits per heavy atom. The van der Waals surface area contributed by atoms with Gasteiger partial charge in [0.15, 0.2) is 0 Å². The first-order valence-electron chi connectivity index (χ1n) is 12.7. The second kappa shape index (κ2) is 12.5. The van der Waals surface area contributed by atoms with Crippen LogP contribution in [0.3, 0.4) is 0 Å². The Hall–Kier alpha value is -2.95. The number of likely N-dealkylation sites (tertiary alicyclic amines) is 1. The second-order valence-electron chi connectivity index (χ2n) is 9.80. The molecule has 2 saturated heterocycles. The fraction of sp³-hybridized carbons (Fsp3) is 0.538. The van der Waals surface area contributed by atoms with E-state index in [4.69, 9.17) is 32.0 Å². The summed E-state index contributed by atoms with van der Waals surface area (Å²) in [5.74, 6) is 0.787. The maximum absolute atomic E-state index is 9.00. The number of amidine groups is 2. The third-order valence-corrected chi connectivity index (χ3v) is 7.41. The monoisotopic (exact) mass is 529 g/mol. The molecule has 0 bridgehead atoms. The molecule has 3 aliphatic heterocycles. The molecular weight excluding hydrogens is 494 g/mol. The number of carboxylic acid groups (broad SMARTS) is 1. The average molecular weight is 530 g/mol. The molecule has 10 nitrogen and oxygen atoms in total. The van der Waals surface area contributed by atoms with Gasteiger partial charge in [-0.3, -0.25) is 14.4 Å². The minimum Gasteiger partial charge on any atom is -0.481 e. The summed E-state index contributed by atoms with van der Waals surface area (Å²) in [6, 6.07) is 11.2. The Morgan fingerprint density at radius 3 is 2.54 bits per heavy atom. The Labute approximate surface area is 222 Å². The minimum absolute atomic E-state index is 0.108. The van der Waals surface area contributed by atoms with Crippen LogP contribution in [0, 0.1) is 0 Å². The quantitative estimate of drug-likeness (QED) is 0.610. The fourth-order valence-corrected chi connectivity index (χ4v) is 5.35. The fourth-order valence-electron chi connectivity index (χ4n) is 5.22. The van der Waals surface area contributed by atoms with E-state index in [1.807, 2.05) is 35.3 Å². The summed E-state index contributed by atoms with van der Waals surface area (Å²) in [5, 5.41) is 20.9. The van der Waals surface area contributed by atoms with Crippen molar-refractivity contribution in [3.63, 3.8) is 0 Å². The van der Waals surface area contributed by atoms with Crippen LogP contribution in [-0.2, 0) is 16.0 Å². The van der Waals surface area contributed by atoms with Gasteiger partial charge < -0.3 is 20.5 Å². The molecule has 3 atom stereocenters. The Bertz CT molecular complexity index is 1080. The highest BCUT2D eigenvalue weighted by Gasteiger charge is 2.38. The van der Waals surface area contributed by atoms with Crippen LogP contribution in [0.5, 0.6) is 0 Å². The number of nitrogens with two attached hydrogens (primary N) is 1. The van der Waals surface area contributed by atoms with E-state index >= 15 is 0 Å². The molecule has 5 rings (SSSR count). The van der Waals surface area contributed by atoms with Gasteiger partial charge in [0.2, 0.25) is 0 Å². The Kier molecular flexibility index (Phi) is 9.18. The molecule has 0 radical (unpaired) electrons. The highest BCUT2D eigenvalue weighted by Crippen LogP contribution is 2.29. The molecule has 11 heteroatoms. The summed E-state index contributed by atoms with van der Waals surface area (Å²) in [7, 11) is 0. The maximum atomic E-state index is 9.00. The van der Waals surface area contributed by atoms with Gasteiger partial charge in [-0.15, -0.1) is 10.2 Å². The van der Waals surface area contributed by atoms with Crippen molar-refractivity contribution < 1.29 is 14.6 Å². The molecular formula is C26H36ClN7O3. The molecule has 0 aliphatic carbocycles. The molecule has 1 aromatic carbocycles. The molecule has 0 unspecified atom stereocenters. The number of benzene rings is 1. The first-order valence-corrected chi connectivity index (χ1v) is 13.1. The zero-order valence-corrected chi connectivity index (χ0v) is 22.2.